The predicted octanol–water partition coefficient (Wildman–Crippen LogP) is 0.903. The third-order valence-electron chi connectivity index (χ3n) is 5.12. The Bertz CT molecular complexity index is 971. The van der Waals surface area contributed by atoms with Gasteiger partial charge in [-0.2, -0.15) is 0 Å². The minimum absolute atomic E-state index is 0.305. The first-order valence-corrected chi connectivity index (χ1v) is 10.4. The highest BCUT2D eigenvalue weighted by Gasteiger charge is 2.25. The van der Waals surface area contributed by atoms with Gasteiger partial charge in [0.25, 0.3) is 11.8 Å². The highest BCUT2D eigenvalue weighted by molar-refractivity contribution is 5.97. The van der Waals surface area contributed by atoms with Gasteiger partial charge in [-0.25, -0.2) is 5.48 Å². The first kappa shape index (κ1) is 23.4. The van der Waals surface area contributed by atoms with Crippen molar-refractivity contribution in [1.29, 1.82) is 0 Å². The number of morpholine rings is 1. The number of carbonyl (C=O) groups is 2. The molecule has 1 aliphatic rings. The molecule has 2 atom stereocenters. The number of hydrogen-bond donors (Lipinski definition) is 4. The lowest BCUT2D eigenvalue weighted by Gasteiger charge is -2.26. The lowest BCUT2D eigenvalue weighted by atomic mass is 10.1. The molecule has 1 heterocycles. The van der Waals surface area contributed by atoms with Crippen LogP contribution in [0.2, 0.25) is 0 Å². The van der Waals surface area contributed by atoms with E-state index in [0.29, 0.717) is 5.56 Å². The Labute approximate surface area is 187 Å². The Kier molecular flexibility index (Phi) is 8.36. The lowest BCUT2D eigenvalue weighted by Crippen LogP contribution is -2.51. The van der Waals surface area contributed by atoms with Gasteiger partial charge >= 0.3 is 0 Å². The summed E-state index contributed by atoms with van der Waals surface area (Å²) in [6.45, 7) is 5.70. The molecule has 32 heavy (non-hydrogen) atoms. The summed E-state index contributed by atoms with van der Waals surface area (Å²) in [5.41, 5.74) is 4.60. The van der Waals surface area contributed by atoms with Gasteiger partial charge in [-0.1, -0.05) is 24.0 Å². The lowest BCUT2D eigenvalue weighted by molar-refractivity contribution is -0.133. The monoisotopic (exact) mass is 437 g/mol. The van der Waals surface area contributed by atoms with Crippen LogP contribution in [0.15, 0.2) is 48.5 Å². The SMILES string of the molecule is CC(O)C(NC(=O)c1ccc(C#Cc2ccc(CN3CCOCC3)cc2)cc1)C(=O)NO. The number of nitrogens with zero attached hydrogens (tertiary/aromatic N) is 1. The smallest absolute Gasteiger partial charge is 0.268 e. The van der Waals surface area contributed by atoms with E-state index in [9.17, 15) is 14.7 Å². The molecule has 2 aromatic rings. The van der Waals surface area contributed by atoms with E-state index in [0.717, 1.165) is 44.0 Å². The van der Waals surface area contributed by atoms with Crippen LogP contribution in [-0.4, -0.2) is 65.5 Å². The Morgan fingerprint density at radius 1 is 1.03 bits per heavy atom. The van der Waals surface area contributed by atoms with Gasteiger partial charge < -0.3 is 15.2 Å². The molecule has 0 spiro atoms. The van der Waals surface area contributed by atoms with Gasteiger partial charge in [0.1, 0.15) is 6.04 Å². The Morgan fingerprint density at radius 2 is 1.59 bits per heavy atom. The first-order valence-electron chi connectivity index (χ1n) is 10.4. The summed E-state index contributed by atoms with van der Waals surface area (Å²) in [5.74, 6) is 4.74. The third-order valence-corrected chi connectivity index (χ3v) is 5.12. The molecule has 2 unspecified atom stereocenters. The van der Waals surface area contributed by atoms with Gasteiger partial charge in [0, 0.05) is 36.3 Å². The summed E-state index contributed by atoms with van der Waals surface area (Å²) in [6.07, 6.45) is -1.17. The number of amides is 2. The van der Waals surface area contributed by atoms with E-state index >= 15 is 0 Å². The second-order valence-corrected chi connectivity index (χ2v) is 7.58. The molecule has 0 bridgehead atoms. The Hall–Kier alpha value is -3.22. The number of aliphatic hydroxyl groups is 1. The van der Waals surface area contributed by atoms with Crippen molar-refractivity contribution < 1.29 is 24.6 Å². The van der Waals surface area contributed by atoms with Crippen LogP contribution in [0.3, 0.4) is 0 Å². The average Bonchev–Trinajstić information content (AvgIpc) is 2.82. The maximum Gasteiger partial charge on any atom is 0.268 e. The number of benzene rings is 2. The minimum Gasteiger partial charge on any atom is -0.391 e. The maximum absolute atomic E-state index is 12.3. The number of rotatable bonds is 6. The minimum atomic E-state index is -1.27. The number of carbonyl (C=O) groups excluding carboxylic acids is 2. The molecule has 0 aliphatic carbocycles. The van der Waals surface area contributed by atoms with Crippen molar-refractivity contribution in [2.45, 2.75) is 25.6 Å². The second kappa shape index (κ2) is 11.4. The molecule has 2 aromatic carbocycles. The van der Waals surface area contributed by atoms with Crippen LogP contribution < -0.4 is 10.8 Å². The Morgan fingerprint density at radius 3 is 2.12 bits per heavy atom. The van der Waals surface area contributed by atoms with Crippen molar-refractivity contribution in [3.63, 3.8) is 0 Å². The highest BCUT2D eigenvalue weighted by atomic mass is 16.5. The van der Waals surface area contributed by atoms with E-state index < -0.39 is 24.0 Å². The summed E-state index contributed by atoms with van der Waals surface area (Å²) in [7, 11) is 0. The number of nitrogens with one attached hydrogen (secondary N) is 2. The molecule has 0 saturated carbocycles. The van der Waals surface area contributed by atoms with Crippen molar-refractivity contribution in [3.05, 3.63) is 70.8 Å². The van der Waals surface area contributed by atoms with Gasteiger partial charge in [-0.3, -0.25) is 19.7 Å². The molecule has 4 N–H and O–H groups in total. The average molecular weight is 437 g/mol. The normalized spacial score (nSPS) is 15.7. The molecule has 3 rings (SSSR count). The first-order chi connectivity index (χ1) is 15.5. The van der Waals surface area contributed by atoms with Crippen LogP contribution in [0, 0.1) is 11.8 Å². The van der Waals surface area contributed by atoms with E-state index in [-0.39, 0.29) is 0 Å². The topological polar surface area (TPSA) is 111 Å². The molecule has 8 nitrogen and oxygen atoms in total. The molecule has 0 aromatic heterocycles. The molecule has 8 heteroatoms. The number of aliphatic hydroxyl groups excluding tert-OH is 1. The zero-order valence-corrected chi connectivity index (χ0v) is 17.9. The van der Waals surface area contributed by atoms with Gasteiger partial charge in [0.2, 0.25) is 0 Å². The molecule has 1 saturated heterocycles. The molecule has 0 radical (unpaired) electrons. The van der Waals surface area contributed by atoms with Crippen molar-refractivity contribution in [2.24, 2.45) is 0 Å². The second-order valence-electron chi connectivity index (χ2n) is 7.58. The van der Waals surface area contributed by atoms with E-state index in [4.69, 9.17) is 9.94 Å². The van der Waals surface area contributed by atoms with Crippen LogP contribution >= 0.6 is 0 Å². The van der Waals surface area contributed by atoms with Crippen LogP contribution in [0.1, 0.15) is 34.0 Å². The quantitative estimate of drug-likeness (QED) is 0.304. The summed E-state index contributed by atoms with van der Waals surface area (Å²) in [4.78, 5) is 26.2. The van der Waals surface area contributed by atoms with Crippen LogP contribution in [0.4, 0.5) is 0 Å². The van der Waals surface area contributed by atoms with Crippen molar-refractivity contribution in [1.82, 2.24) is 15.7 Å². The van der Waals surface area contributed by atoms with E-state index in [1.807, 2.05) is 12.1 Å². The fourth-order valence-corrected chi connectivity index (χ4v) is 3.26. The van der Waals surface area contributed by atoms with Crippen LogP contribution in [0.5, 0.6) is 0 Å². The van der Waals surface area contributed by atoms with E-state index in [1.54, 1.807) is 24.3 Å². The van der Waals surface area contributed by atoms with Crippen molar-refractivity contribution in [3.8, 4) is 11.8 Å². The third kappa shape index (κ3) is 6.64. The van der Waals surface area contributed by atoms with Crippen LogP contribution in [-0.2, 0) is 16.1 Å². The maximum atomic E-state index is 12.3. The molecule has 1 fully saturated rings. The predicted molar refractivity (Wildman–Crippen MR) is 118 cm³/mol. The fraction of sp³-hybridized carbons (Fsp3) is 0.333. The molecule has 1 aliphatic heterocycles. The number of ether oxygens (including phenoxy) is 1. The summed E-state index contributed by atoms with van der Waals surface area (Å²) >= 11 is 0. The molecular weight excluding hydrogens is 410 g/mol. The van der Waals surface area contributed by atoms with Crippen LogP contribution in [0.25, 0.3) is 0 Å². The number of hydrogen-bond acceptors (Lipinski definition) is 6. The Balaban J connectivity index is 1.58. The van der Waals surface area contributed by atoms with Gasteiger partial charge in [0.05, 0.1) is 19.3 Å². The van der Waals surface area contributed by atoms with E-state index in [1.165, 1.54) is 18.0 Å². The zero-order valence-electron chi connectivity index (χ0n) is 17.9. The zero-order chi connectivity index (χ0) is 22.9. The summed E-state index contributed by atoms with van der Waals surface area (Å²) in [5, 5.41) is 20.7. The van der Waals surface area contributed by atoms with Gasteiger partial charge in [-0.05, 0) is 48.9 Å². The van der Waals surface area contributed by atoms with Crippen molar-refractivity contribution >= 4 is 11.8 Å². The summed E-state index contributed by atoms with van der Waals surface area (Å²) in [6, 6.07) is 13.5. The largest absolute Gasteiger partial charge is 0.391 e. The van der Waals surface area contributed by atoms with Gasteiger partial charge in [-0.15, -0.1) is 0 Å². The standard InChI is InChI=1S/C24H27N3O5/c1-17(28)22(24(30)26-31)25-23(29)21-10-8-19(9-11-21)3-2-18-4-6-20(7-5-18)16-27-12-14-32-15-13-27/h4-11,17,22,28,31H,12-16H2,1H3,(H,25,29)(H,26,30). The molecular formula is C24H27N3O5. The summed E-state index contributed by atoms with van der Waals surface area (Å²) < 4.78 is 5.37. The van der Waals surface area contributed by atoms with Gasteiger partial charge in [0.15, 0.2) is 0 Å². The number of hydroxylamine groups is 1. The fourth-order valence-electron chi connectivity index (χ4n) is 3.26. The highest BCUT2D eigenvalue weighted by Crippen LogP contribution is 2.10. The molecule has 2 amide bonds. The molecule has 168 valence electrons. The van der Waals surface area contributed by atoms with Crippen molar-refractivity contribution in [2.75, 3.05) is 26.3 Å². The van der Waals surface area contributed by atoms with E-state index in [2.05, 4.69) is 34.2 Å².